The normalized spacial score (nSPS) is 12.3. The van der Waals surface area contributed by atoms with Crippen molar-refractivity contribution in [2.75, 3.05) is 17.5 Å². The van der Waals surface area contributed by atoms with Gasteiger partial charge in [0.2, 0.25) is 5.91 Å². The highest BCUT2D eigenvalue weighted by atomic mass is 35.5. The second-order valence-electron chi connectivity index (χ2n) is 8.53. The number of carbonyl (C=O) groups is 1. The van der Waals surface area contributed by atoms with Crippen molar-refractivity contribution in [3.8, 4) is 5.75 Å². The zero-order valence-electron chi connectivity index (χ0n) is 20.1. The van der Waals surface area contributed by atoms with Crippen LogP contribution in [0.5, 0.6) is 5.75 Å². The number of ether oxygens (including phenoxy) is 1. The lowest BCUT2D eigenvalue weighted by molar-refractivity contribution is -0.120. The molecule has 0 aliphatic heterocycles. The summed E-state index contributed by atoms with van der Waals surface area (Å²) in [5.41, 5.74) is 1.26. The van der Waals surface area contributed by atoms with E-state index in [1.807, 2.05) is 37.3 Å². The largest absolute Gasteiger partial charge is 0.492 e. The molecule has 0 aromatic heterocycles. The van der Waals surface area contributed by atoms with Crippen molar-refractivity contribution in [1.29, 1.82) is 0 Å². The highest BCUT2D eigenvalue weighted by molar-refractivity contribution is 7.92. The van der Waals surface area contributed by atoms with Crippen LogP contribution < -0.4 is 14.4 Å². The van der Waals surface area contributed by atoms with Crippen LogP contribution in [0.15, 0.2) is 83.8 Å². The van der Waals surface area contributed by atoms with Crippen molar-refractivity contribution in [3.05, 3.63) is 89.4 Å². The average molecular weight is 515 g/mol. The highest BCUT2D eigenvalue weighted by Gasteiger charge is 2.30. The molecule has 0 heterocycles. The second-order valence-corrected chi connectivity index (χ2v) is 10.8. The summed E-state index contributed by atoms with van der Waals surface area (Å²) < 4.78 is 34.2. The minimum absolute atomic E-state index is 0.0304. The van der Waals surface area contributed by atoms with Gasteiger partial charge in [0.15, 0.2) is 0 Å². The van der Waals surface area contributed by atoms with Gasteiger partial charge in [-0.05, 0) is 61.2 Å². The summed E-state index contributed by atoms with van der Waals surface area (Å²) in [5.74, 6) is 0.290. The third-order valence-electron chi connectivity index (χ3n) is 5.37. The number of hydrogen-bond donors (Lipinski definition) is 1. The number of carbonyl (C=O) groups excluding carboxylic acids is 1. The molecule has 1 N–H and O–H groups in total. The molecule has 8 heteroatoms. The summed E-state index contributed by atoms with van der Waals surface area (Å²) in [4.78, 5) is 13.3. The van der Waals surface area contributed by atoms with Crippen LogP contribution in [-0.2, 0) is 14.8 Å². The summed E-state index contributed by atoms with van der Waals surface area (Å²) in [7, 11) is -4.10. The Morgan fingerprint density at radius 1 is 0.971 bits per heavy atom. The minimum atomic E-state index is -4.10. The molecule has 3 aromatic rings. The zero-order valence-corrected chi connectivity index (χ0v) is 21.7. The maximum absolute atomic E-state index is 13.7. The molecule has 6 nitrogen and oxygen atoms in total. The molecule has 1 atom stereocenters. The van der Waals surface area contributed by atoms with E-state index in [0.29, 0.717) is 29.0 Å². The maximum Gasteiger partial charge on any atom is 0.264 e. The van der Waals surface area contributed by atoms with Gasteiger partial charge in [-0.15, -0.1) is 0 Å². The van der Waals surface area contributed by atoms with Crippen molar-refractivity contribution in [2.45, 2.75) is 38.1 Å². The highest BCUT2D eigenvalue weighted by Crippen LogP contribution is 2.33. The average Bonchev–Trinajstić information content (AvgIpc) is 2.83. The van der Waals surface area contributed by atoms with Crippen molar-refractivity contribution in [3.63, 3.8) is 0 Å². The third-order valence-corrected chi connectivity index (χ3v) is 7.39. The monoisotopic (exact) mass is 514 g/mol. The lowest BCUT2D eigenvalue weighted by atomic mass is 9.97. The number of hydrogen-bond acceptors (Lipinski definition) is 4. The van der Waals surface area contributed by atoms with Gasteiger partial charge < -0.3 is 10.1 Å². The van der Waals surface area contributed by atoms with E-state index in [1.54, 1.807) is 24.3 Å². The van der Waals surface area contributed by atoms with Gasteiger partial charge >= 0.3 is 0 Å². The standard InChI is InChI=1S/C27H31ClN2O4S/c1-4-34-26-13-9-8-12-25(26)30(35(32,33)23-16-14-22(28)15-17-23)19-27(31)29-24(18-20(2)3)21-10-6-5-7-11-21/h5-17,20,24H,4,18-19H2,1-3H3,(H,29,31)/t24-/m0/s1. The van der Waals surface area contributed by atoms with E-state index in [4.69, 9.17) is 16.3 Å². The van der Waals surface area contributed by atoms with Crippen LogP contribution in [0.25, 0.3) is 0 Å². The number of sulfonamides is 1. The second kappa shape index (κ2) is 12.1. The van der Waals surface area contributed by atoms with E-state index < -0.39 is 22.5 Å². The minimum Gasteiger partial charge on any atom is -0.492 e. The summed E-state index contributed by atoms with van der Waals surface area (Å²) in [6.45, 7) is 5.92. The lowest BCUT2D eigenvalue weighted by Crippen LogP contribution is -2.42. The summed E-state index contributed by atoms with van der Waals surface area (Å²) in [5, 5.41) is 3.46. The van der Waals surface area contributed by atoms with Gasteiger partial charge in [-0.25, -0.2) is 8.42 Å². The molecule has 186 valence electrons. The fourth-order valence-electron chi connectivity index (χ4n) is 3.78. The molecule has 3 aromatic carbocycles. The number of nitrogens with zero attached hydrogens (tertiary/aromatic N) is 1. The van der Waals surface area contributed by atoms with Crippen LogP contribution in [0, 0.1) is 5.92 Å². The maximum atomic E-state index is 13.7. The Bertz CT molecular complexity index is 1220. The number of para-hydroxylation sites is 2. The van der Waals surface area contributed by atoms with Gasteiger partial charge in [-0.3, -0.25) is 9.10 Å². The van der Waals surface area contributed by atoms with Gasteiger partial charge in [-0.2, -0.15) is 0 Å². The molecule has 0 aliphatic carbocycles. The Morgan fingerprint density at radius 3 is 2.23 bits per heavy atom. The Balaban J connectivity index is 1.98. The first kappa shape index (κ1) is 26.6. The van der Waals surface area contributed by atoms with E-state index in [0.717, 1.165) is 16.3 Å². The first-order valence-corrected chi connectivity index (χ1v) is 13.4. The van der Waals surface area contributed by atoms with E-state index in [1.165, 1.54) is 24.3 Å². The molecular weight excluding hydrogens is 484 g/mol. The Kier molecular flexibility index (Phi) is 9.18. The smallest absolute Gasteiger partial charge is 0.264 e. The van der Waals surface area contributed by atoms with E-state index >= 15 is 0 Å². The molecule has 0 saturated heterocycles. The topological polar surface area (TPSA) is 75.7 Å². The van der Waals surface area contributed by atoms with E-state index in [-0.39, 0.29) is 10.9 Å². The van der Waals surface area contributed by atoms with Crippen LogP contribution in [-0.4, -0.2) is 27.5 Å². The molecule has 0 unspecified atom stereocenters. The predicted octanol–water partition coefficient (Wildman–Crippen LogP) is 5.84. The molecule has 0 fully saturated rings. The van der Waals surface area contributed by atoms with Crippen molar-refractivity contribution in [2.24, 2.45) is 5.92 Å². The number of amides is 1. The number of nitrogens with one attached hydrogen (secondary N) is 1. The molecular formula is C27H31ClN2O4S. The Hall–Kier alpha value is -3.03. The van der Waals surface area contributed by atoms with E-state index in [2.05, 4.69) is 19.2 Å². The van der Waals surface area contributed by atoms with Crippen LogP contribution >= 0.6 is 11.6 Å². The summed E-state index contributed by atoms with van der Waals surface area (Å²) >= 11 is 5.97. The molecule has 0 saturated carbocycles. The predicted molar refractivity (Wildman–Crippen MR) is 140 cm³/mol. The Morgan fingerprint density at radius 2 is 1.60 bits per heavy atom. The zero-order chi connectivity index (χ0) is 25.4. The van der Waals surface area contributed by atoms with Crippen molar-refractivity contribution in [1.82, 2.24) is 5.32 Å². The molecule has 35 heavy (non-hydrogen) atoms. The number of benzene rings is 3. The van der Waals surface area contributed by atoms with Gasteiger partial charge in [0, 0.05) is 5.02 Å². The number of halogens is 1. The summed E-state index contributed by atoms with van der Waals surface area (Å²) in [6.07, 6.45) is 0.717. The fraction of sp³-hybridized carbons (Fsp3) is 0.296. The van der Waals surface area contributed by atoms with Gasteiger partial charge in [0.25, 0.3) is 10.0 Å². The number of rotatable bonds is 11. The quantitative estimate of drug-likeness (QED) is 0.349. The lowest BCUT2D eigenvalue weighted by Gasteiger charge is -2.27. The molecule has 1 amide bonds. The van der Waals surface area contributed by atoms with E-state index in [9.17, 15) is 13.2 Å². The molecule has 0 bridgehead atoms. The van der Waals surface area contributed by atoms with Crippen LogP contribution in [0.4, 0.5) is 5.69 Å². The van der Waals surface area contributed by atoms with Crippen LogP contribution in [0.3, 0.4) is 0 Å². The Labute approximate surface area is 212 Å². The number of anilines is 1. The molecule has 3 rings (SSSR count). The van der Waals surface area contributed by atoms with Gasteiger partial charge in [-0.1, -0.05) is 67.9 Å². The van der Waals surface area contributed by atoms with Gasteiger partial charge in [0.1, 0.15) is 12.3 Å². The third kappa shape index (κ3) is 6.99. The molecule has 0 aliphatic rings. The SMILES string of the molecule is CCOc1ccccc1N(CC(=O)N[C@@H](CC(C)C)c1ccccc1)S(=O)(=O)c1ccc(Cl)cc1. The summed E-state index contributed by atoms with van der Waals surface area (Å²) in [6, 6.07) is 22.1. The first-order valence-electron chi connectivity index (χ1n) is 11.6. The van der Waals surface area contributed by atoms with Crippen molar-refractivity contribution >= 4 is 33.2 Å². The van der Waals surface area contributed by atoms with Gasteiger partial charge in [0.05, 0.1) is 23.2 Å². The fourth-order valence-corrected chi connectivity index (χ4v) is 5.34. The molecule has 0 radical (unpaired) electrons. The van der Waals surface area contributed by atoms with Crippen LogP contribution in [0.1, 0.15) is 38.8 Å². The van der Waals surface area contributed by atoms with Crippen molar-refractivity contribution < 1.29 is 17.9 Å². The van der Waals surface area contributed by atoms with Crippen LogP contribution in [0.2, 0.25) is 5.02 Å². The molecule has 0 spiro atoms. The first-order chi connectivity index (χ1) is 16.7.